The van der Waals surface area contributed by atoms with Crippen molar-refractivity contribution in [2.24, 2.45) is 0 Å². The van der Waals surface area contributed by atoms with E-state index in [1.54, 1.807) is 37.7 Å². The minimum atomic E-state index is -1.50. The maximum Gasteiger partial charge on any atom is 0.151 e. The first-order chi connectivity index (χ1) is 17.0. The first-order valence-corrected chi connectivity index (χ1v) is 12.0. The van der Waals surface area contributed by atoms with Crippen molar-refractivity contribution >= 4 is 39.2 Å². The van der Waals surface area contributed by atoms with Crippen molar-refractivity contribution in [3.05, 3.63) is 96.3 Å². The number of halogens is 2. The fourth-order valence-corrected chi connectivity index (χ4v) is 4.70. The summed E-state index contributed by atoms with van der Waals surface area (Å²) in [4.78, 5) is 13.1. The minimum Gasteiger partial charge on any atom is -0.496 e. The van der Waals surface area contributed by atoms with Gasteiger partial charge in [0.05, 0.1) is 22.7 Å². The van der Waals surface area contributed by atoms with E-state index in [2.05, 4.69) is 19.7 Å². The van der Waals surface area contributed by atoms with Gasteiger partial charge in [-0.15, -0.1) is 0 Å². The van der Waals surface area contributed by atoms with Gasteiger partial charge in [-0.05, 0) is 65.0 Å². The number of methoxy groups -OCH3 is 1. The SMILES string of the molecule is COc1cc(-c2ccc(Cl)c(F)c2)ccc1-c1nccc2cc(S(=O)Nc3ccncn3)ccc12. The number of rotatable bonds is 6. The van der Waals surface area contributed by atoms with Crippen molar-refractivity contribution in [2.75, 3.05) is 11.8 Å². The fraction of sp³-hybridized carbons (Fsp3) is 0.0385. The van der Waals surface area contributed by atoms with Gasteiger partial charge in [0, 0.05) is 23.3 Å². The molecule has 0 fully saturated rings. The summed E-state index contributed by atoms with van der Waals surface area (Å²) in [6, 6.07) is 19.3. The molecule has 1 unspecified atom stereocenters. The highest BCUT2D eigenvalue weighted by molar-refractivity contribution is 7.86. The van der Waals surface area contributed by atoms with E-state index in [4.69, 9.17) is 16.3 Å². The van der Waals surface area contributed by atoms with Crippen LogP contribution in [0.25, 0.3) is 33.2 Å². The molecular weight excluding hydrogens is 487 g/mol. The fourth-order valence-electron chi connectivity index (χ4n) is 3.73. The van der Waals surface area contributed by atoms with Gasteiger partial charge in [0.15, 0.2) is 11.0 Å². The molecule has 0 aliphatic rings. The van der Waals surface area contributed by atoms with Gasteiger partial charge in [-0.1, -0.05) is 29.8 Å². The van der Waals surface area contributed by atoms with Crippen molar-refractivity contribution in [1.29, 1.82) is 0 Å². The molecule has 2 aromatic heterocycles. The van der Waals surface area contributed by atoms with E-state index in [1.165, 1.54) is 18.5 Å². The van der Waals surface area contributed by atoms with Crippen LogP contribution in [-0.2, 0) is 11.0 Å². The maximum atomic E-state index is 14.0. The number of pyridine rings is 1. The van der Waals surface area contributed by atoms with Crippen LogP contribution in [0.1, 0.15) is 0 Å². The average Bonchev–Trinajstić information content (AvgIpc) is 2.89. The maximum absolute atomic E-state index is 14.0. The smallest absolute Gasteiger partial charge is 0.151 e. The summed E-state index contributed by atoms with van der Waals surface area (Å²) in [7, 11) is 0.0787. The molecule has 0 aliphatic carbocycles. The van der Waals surface area contributed by atoms with Gasteiger partial charge < -0.3 is 4.74 Å². The summed E-state index contributed by atoms with van der Waals surface area (Å²) >= 11 is 5.82. The molecule has 5 aromatic rings. The topological polar surface area (TPSA) is 77.0 Å². The lowest BCUT2D eigenvalue weighted by molar-refractivity contribution is 0.416. The van der Waals surface area contributed by atoms with Crippen LogP contribution in [0.5, 0.6) is 5.75 Å². The van der Waals surface area contributed by atoms with Gasteiger partial charge in [-0.3, -0.25) is 9.71 Å². The summed E-state index contributed by atoms with van der Waals surface area (Å²) in [5.74, 6) is 0.584. The molecule has 35 heavy (non-hydrogen) atoms. The molecule has 0 saturated heterocycles. The van der Waals surface area contributed by atoms with Gasteiger partial charge in [0.25, 0.3) is 0 Å². The lowest BCUT2D eigenvalue weighted by Gasteiger charge is -2.13. The van der Waals surface area contributed by atoms with Crippen LogP contribution < -0.4 is 9.46 Å². The zero-order valence-corrected chi connectivity index (χ0v) is 20.0. The molecule has 0 saturated carbocycles. The number of nitrogens with one attached hydrogen (secondary N) is 1. The molecule has 1 N–H and O–H groups in total. The Labute approximate surface area is 208 Å². The first kappa shape index (κ1) is 22.9. The van der Waals surface area contributed by atoms with Crippen LogP contribution in [0.2, 0.25) is 5.02 Å². The van der Waals surface area contributed by atoms with E-state index >= 15 is 0 Å². The van der Waals surface area contributed by atoms with Crippen LogP contribution in [0, 0.1) is 5.82 Å². The van der Waals surface area contributed by atoms with Crippen molar-refractivity contribution in [1.82, 2.24) is 15.0 Å². The highest BCUT2D eigenvalue weighted by Gasteiger charge is 2.15. The van der Waals surface area contributed by atoms with E-state index < -0.39 is 16.8 Å². The third-order valence-corrected chi connectivity index (χ3v) is 6.82. The minimum absolute atomic E-state index is 0.0739. The number of hydrogen-bond donors (Lipinski definition) is 1. The Morgan fingerprint density at radius 3 is 2.54 bits per heavy atom. The quantitative estimate of drug-likeness (QED) is 0.294. The van der Waals surface area contributed by atoms with Gasteiger partial charge in [-0.2, -0.15) is 0 Å². The number of anilines is 1. The molecule has 9 heteroatoms. The number of nitrogens with zero attached hydrogens (tertiary/aromatic N) is 3. The van der Waals surface area contributed by atoms with Crippen LogP contribution >= 0.6 is 11.6 Å². The number of aromatic nitrogens is 3. The van der Waals surface area contributed by atoms with Crippen LogP contribution in [0.3, 0.4) is 0 Å². The Bertz CT molecular complexity index is 1570. The van der Waals surface area contributed by atoms with Crippen molar-refractivity contribution in [2.45, 2.75) is 4.90 Å². The second-order valence-electron chi connectivity index (χ2n) is 7.55. The summed E-state index contributed by atoms with van der Waals surface area (Å²) in [5, 5.41) is 1.82. The molecule has 5 rings (SSSR count). The van der Waals surface area contributed by atoms with Crippen molar-refractivity contribution < 1.29 is 13.3 Å². The highest BCUT2D eigenvalue weighted by atomic mass is 35.5. The number of hydrogen-bond acceptors (Lipinski definition) is 5. The number of ether oxygens (including phenoxy) is 1. The summed E-state index contributed by atoms with van der Waals surface area (Å²) < 4.78 is 35.3. The lowest BCUT2D eigenvalue weighted by atomic mass is 9.99. The molecule has 0 aliphatic heterocycles. The molecule has 0 amide bonds. The monoisotopic (exact) mass is 504 g/mol. The molecular formula is C26H18ClFN4O2S. The normalized spacial score (nSPS) is 11.9. The molecule has 6 nitrogen and oxygen atoms in total. The predicted molar refractivity (Wildman–Crippen MR) is 136 cm³/mol. The zero-order chi connectivity index (χ0) is 24.4. The Kier molecular flexibility index (Phi) is 6.39. The molecule has 0 spiro atoms. The third-order valence-electron chi connectivity index (χ3n) is 5.44. The van der Waals surface area contributed by atoms with Crippen LogP contribution in [0.15, 0.2) is 90.3 Å². The lowest BCUT2D eigenvalue weighted by Crippen LogP contribution is -2.06. The summed E-state index contributed by atoms with van der Waals surface area (Å²) in [5.41, 5.74) is 2.97. The second-order valence-corrected chi connectivity index (χ2v) is 9.17. The molecule has 3 aromatic carbocycles. The largest absolute Gasteiger partial charge is 0.496 e. The van der Waals surface area contributed by atoms with Gasteiger partial charge in [-0.25, -0.2) is 18.6 Å². The Morgan fingerprint density at radius 1 is 0.943 bits per heavy atom. The van der Waals surface area contributed by atoms with Crippen molar-refractivity contribution in [3.8, 4) is 28.1 Å². The van der Waals surface area contributed by atoms with E-state index in [-0.39, 0.29) is 5.02 Å². The van der Waals surface area contributed by atoms with Crippen LogP contribution in [-0.4, -0.2) is 26.3 Å². The Hall–Kier alpha value is -3.88. The Balaban J connectivity index is 1.51. The third kappa shape index (κ3) is 4.71. The van der Waals surface area contributed by atoms with E-state index in [9.17, 15) is 8.60 Å². The predicted octanol–water partition coefficient (Wildman–Crippen LogP) is 6.29. The second kappa shape index (κ2) is 9.77. The van der Waals surface area contributed by atoms with Gasteiger partial charge in [0.1, 0.15) is 23.7 Å². The van der Waals surface area contributed by atoms with Gasteiger partial charge in [0.2, 0.25) is 0 Å². The van der Waals surface area contributed by atoms with E-state index in [0.717, 1.165) is 21.9 Å². The molecule has 2 heterocycles. The molecule has 1 atom stereocenters. The zero-order valence-electron chi connectivity index (χ0n) is 18.4. The summed E-state index contributed by atoms with van der Waals surface area (Å²) in [6.45, 7) is 0. The Morgan fingerprint density at radius 2 is 1.77 bits per heavy atom. The van der Waals surface area contributed by atoms with E-state index in [1.807, 2.05) is 36.4 Å². The number of fused-ring (bicyclic) bond motifs is 1. The average molecular weight is 505 g/mol. The van der Waals surface area contributed by atoms with Gasteiger partial charge >= 0.3 is 0 Å². The highest BCUT2D eigenvalue weighted by Crippen LogP contribution is 2.37. The molecule has 0 bridgehead atoms. The standard InChI is InChI=1S/C26H18ClFN4O2S/c1-34-24-14-17(16-3-7-22(27)23(28)13-16)2-5-21(24)26-20-6-4-19(12-18(20)8-11-30-26)35(33)32-25-9-10-29-15-31-25/h2-15H,1H3,(H,29,31,32). The van der Waals surface area contributed by atoms with E-state index in [0.29, 0.717) is 27.7 Å². The summed E-state index contributed by atoms with van der Waals surface area (Å²) in [6.07, 6.45) is 4.66. The van der Waals surface area contributed by atoms with Crippen molar-refractivity contribution in [3.63, 3.8) is 0 Å². The van der Waals surface area contributed by atoms with Crippen LogP contribution in [0.4, 0.5) is 10.2 Å². The molecule has 0 radical (unpaired) electrons. The first-order valence-electron chi connectivity index (χ1n) is 10.5. The number of benzene rings is 3. The molecule has 174 valence electrons.